The zero-order valence-electron chi connectivity index (χ0n) is 14.6. The van der Waals surface area contributed by atoms with Gasteiger partial charge in [-0.2, -0.15) is 5.10 Å². The molecule has 0 saturated carbocycles. The quantitative estimate of drug-likeness (QED) is 0.614. The Morgan fingerprint density at radius 1 is 1.00 bits per heavy atom. The van der Waals surface area contributed by atoms with Crippen LogP contribution in [-0.2, 0) is 17.6 Å². The maximum atomic E-state index is 12.0. The smallest absolute Gasteiger partial charge is 0.220 e. The Hall–Kier alpha value is -3.08. The average molecular weight is 349 g/mol. The van der Waals surface area contributed by atoms with E-state index in [2.05, 4.69) is 10.4 Å². The maximum Gasteiger partial charge on any atom is 0.220 e. The van der Waals surface area contributed by atoms with Gasteiger partial charge in [0.05, 0.1) is 11.9 Å². The molecule has 3 aromatic rings. The second-order valence-electron chi connectivity index (χ2n) is 6.25. The van der Waals surface area contributed by atoms with Crippen molar-refractivity contribution in [3.63, 3.8) is 0 Å². The third kappa shape index (κ3) is 5.21. The molecule has 0 saturated heterocycles. The van der Waals surface area contributed by atoms with Gasteiger partial charge >= 0.3 is 0 Å². The zero-order valence-corrected chi connectivity index (χ0v) is 14.6. The van der Waals surface area contributed by atoms with E-state index in [1.165, 1.54) is 0 Å². The fourth-order valence-corrected chi connectivity index (χ4v) is 2.74. The number of rotatable bonds is 8. The van der Waals surface area contributed by atoms with E-state index < -0.39 is 0 Å². The van der Waals surface area contributed by atoms with Gasteiger partial charge in [-0.3, -0.25) is 4.79 Å². The van der Waals surface area contributed by atoms with Gasteiger partial charge in [0.15, 0.2) is 0 Å². The topological polar surface area (TPSA) is 67.2 Å². The average Bonchev–Trinajstić information content (AvgIpc) is 3.15. The standard InChI is InChI=1S/C21H23N3O2/c25-20-11-8-17(9-12-20)5-4-14-22-21(26)13-10-18-15-23-24(16-18)19-6-2-1-3-7-19/h1-3,6-9,11-12,15-16,25H,4-5,10,13-14H2,(H,22,26). The molecule has 3 rings (SSSR count). The molecule has 0 bridgehead atoms. The molecular weight excluding hydrogens is 326 g/mol. The van der Waals surface area contributed by atoms with Gasteiger partial charge in [0.2, 0.25) is 5.91 Å². The Morgan fingerprint density at radius 2 is 1.77 bits per heavy atom. The Balaban J connectivity index is 1.36. The second kappa shape index (κ2) is 8.85. The van der Waals surface area contributed by atoms with Crippen LogP contribution >= 0.6 is 0 Å². The highest BCUT2D eigenvalue weighted by molar-refractivity contribution is 5.76. The molecule has 5 heteroatoms. The number of amides is 1. The first-order valence-electron chi connectivity index (χ1n) is 8.84. The number of nitrogens with one attached hydrogen (secondary N) is 1. The van der Waals surface area contributed by atoms with Crippen LogP contribution in [0, 0.1) is 0 Å². The second-order valence-corrected chi connectivity index (χ2v) is 6.25. The van der Waals surface area contributed by atoms with E-state index in [1.54, 1.807) is 12.1 Å². The van der Waals surface area contributed by atoms with Crippen molar-refractivity contribution in [1.29, 1.82) is 0 Å². The van der Waals surface area contributed by atoms with Gasteiger partial charge in [0.1, 0.15) is 5.75 Å². The number of hydrogen-bond donors (Lipinski definition) is 2. The number of aromatic hydroxyl groups is 1. The Bertz CT molecular complexity index is 826. The monoisotopic (exact) mass is 349 g/mol. The lowest BCUT2D eigenvalue weighted by Gasteiger charge is -2.05. The minimum Gasteiger partial charge on any atom is -0.508 e. The van der Waals surface area contributed by atoms with Crippen LogP contribution < -0.4 is 5.32 Å². The predicted molar refractivity (Wildman–Crippen MR) is 101 cm³/mol. The van der Waals surface area contributed by atoms with Gasteiger partial charge in [-0.25, -0.2) is 4.68 Å². The summed E-state index contributed by atoms with van der Waals surface area (Å²) >= 11 is 0. The summed E-state index contributed by atoms with van der Waals surface area (Å²) in [5.41, 5.74) is 3.22. The van der Waals surface area contributed by atoms with E-state index in [4.69, 9.17) is 0 Å². The number of hydrogen-bond acceptors (Lipinski definition) is 3. The Morgan fingerprint density at radius 3 is 2.54 bits per heavy atom. The van der Waals surface area contributed by atoms with Gasteiger partial charge in [-0.15, -0.1) is 0 Å². The van der Waals surface area contributed by atoms with Gasteiger partial charge in [-0.1, -0.05) is 30.3 Å². The van der Waals surface area contributed by atoms with Crippen LogP contribution in [0.1, 0.15) is 24.0 Å². The molecule has 2 aromatic carbocycles. The first kappa shape index (κ1) is 17.7. The molecular formula is C21H23N3O2. The van der Waals surface area contributed by atoms with Crippen LogP contribution in [0.15, 0.2) is 67.0 Å². The fraction of sp³-hybridized carbons (Fsp3) is 0.238. The van der Waals surface area contributed by atoms with Crippen molar-refractivity contribution in [2.75, 3.05) is 6.54 Å². The van der Waals surface area contributed by atoms with Crippen molar-refractivity contribution in [3.8, 4) is 11.4 Å². The number of para-hydroxylation sites is 1. The lowest BCUT2D eigenvalue weighted by molar-refractivity contribution is -0.121. The van der Waals surface area contributed by atoms with Crippen molar-refractivity contribution in [2.45, 2.75) is 25.7 Å². The molecule has 0 fully saturated rings. The highest BCUT2D eigenvalue weighted by Gasteiger charge is 2.05. The number of phenols is 1. The molecule has 0 unspecified atom stereocenters. The lowest BCUT2D eigenvalue weighted by Crippen LogP contribution is -2.24. The summed E-state index contributed by atoms with van der Waals surface area (Å²) in [5.74, 6) is 0.334. The molecule has 1 heterocycles. The molecule has 1 aromatic heterocycles. The molecule has 134 valence electrons. The number of benzene rings is 2. The zero-order chi connectivity index (χ0) is 18.2. The van der Waals surface area contributed by atoms with E-state index in [-0.39, 0.29) is 11.7 Å². The molecule has 2 N–H and O–H groups in total. The summed E-state index contributed by atoms with van der Waals surface area (Å²) in [5, 5.41) is 16.6. The number of aromatic nitrogens is 2. The third-order valence-electron chi connectivity index (χ3n) is 4.20. The number of aryl methyl sites for hydroxylation is 2. The summed E-state index contributed by atoms with van der Waals surface area (Å²) in [6, 6.07) is 17.1. The normalized spacial score (nSPS) is 10.6. The van der Waals surface area contributed by atoms with Gasteiger partial charge in [0, 0.05) is 19.2 Å². The number of phenolic OH excluding ortho intramolecular Hbond substituents is 1. The van der Waals surface area contributed by atoms with E-state index in [0.29, 0.717) is 19.4 Å². The summed E-state index contributed by atoms with van der Waals surface area (Å²) in [6.07, 6.45) is 6.67. The van der Waals surface area contributed by atoms with Crippen molar-refractivity contribution in [2.24, 2.45) is 0 Å². The van der Waals surface area contributed by atoms with E-state index in [0.717, 1.165) is 29.7 Å². The SMILES string of the molecule is O=C(CCc1cnn(-c2ccccc2)c1)NCCCc1ccc(O)cc1. The predicted octanol–water partition coefficient (Wildman–Crippen LogP) is 3.26. The van der Waals surface area contributed by atoms with Crippen molar-refractivity contribution in [3.05, 3.63) is 78.1 Å². The molecule has 0 aliphatic carbocycles. The minimum absolute atomic E-state index is 0.0585. The van der Waals surface area contributed by atoms with Crippen LogP contribution in [-0.4, -0.2) is 27.3 Å². The Kier molecular flexibility index (Phi) is 6.04. The first-order chi connectivity index (χ1) is 12.7. The van der Waals surface area contributed by atoms with E-state index >= 15 is 0 Å². The van der Waals surface area contributed by atoms with Gasteiger partial charge in [0.25, 0.3) is 0 Å². The lowest BCUT2D eigenvalue weighted by atomic mass is 10.1. The van der Waals surface area contributed by atoms with Crippen LogP contribution in [0.25, 0.3) is 5.69 Å². The molecule has 26 heavy (non-hydrogen) atoms. The van der Waals surface area contributed by atoms with Crippen molar-refractivity contribution < 1.29 is 9.90 Å². The van der Waals surface area contributed by atoms with Crippen molar-refractivity contribution in [1.82, 2.24) is 15.1 Å². The summed E-state index contributed by atoms with van der Waals surface area (Å²) in [7, 11) is 0. The van der Waals surface area contributed by atoms with Crippen LogP contribution in [0.3, 0.4) is 0 Å². The fourth-order valence-electron chi connectivity index (χ4n) is 2.74. The van der Waals surface area contributed by atoms with E-state index in [1.807, 2.05) is 59.5 Å². The third-order valence-corrected chi connectivity index (χ3v) is 4.20. The van der Waals surface area contributed by atoms with Crippen LogP contribution in [0.4, 0.5) is 0 Å². The minimum atomic E-state index is 0.0585. The number of carbonyl (C=O) groups is 1. The molecule has 0 aliphatic rings. The molecule has 0 atom stereocenters. The summed E-state index contributed by atoms with van der Waals surface area (Å²) < 4.78 is 1.82. The molecule has 0 spiro atoms. The van der Waals surface area contributed by atoms with Gasteiger partial charge in [-0.05, 0) is 54.7 Å². The van der Waals surface area contributed by atoms with Gasteiger partial charge < -0.3 is 10.4 Å². The first-order valence-corrected chi connectivity index (χ1v) is 8.84. The van der Waals surface area contributed by atoms with E-state index in [9.17, 15) is 9.90 Å². The highest BCUT2D eigenvalue weighted by atomic mass is 16.3. The van der Waals surface area contributed by atoms with Crippen LogP contribution in [0.5, 0.6) is 5.75 Å². The van der Waals surface area contributed by atoms with Crippen LogP contribution in [0.2, 0.25) is 0 Å². The molecule has 1 amide bonds. The molecule has 0 radical (unpaired) electrons. The summed E-state index contributed by atoms with van der Waals surface area (Å²) in [6.45, 7) is 0.656. The largest absolute Gasteiger partial charge is 0.508 e. The molecule has 0 aliphatic heterocycles. The summed E-state index contributed by atoms with van der Waals surface area (Å²) in [4.78, 5) is 12.0. The number of carbonyl (C=O) groups excluding carboxylic acids is 1. The maximum absolute atomic E-state index is 12.0. The molecule has 5 nitrogen and oxygen atoms in total. The Labute approximate surface area is 153 Å². The van der Waals surface area contributed by atoms with Crippen molar-refractivity contribution >= 4 is 5.91 Å². The highest BCUT2D eigenvalue weighted by Crippen LogP contribution is 2.11. The number of nitrogens with zero attached hydrogens (tertiary/aromatic N) is 2.